The fraction of sp³-hybridized carbons (Fsp3) is 0.0769. The fourth-order valence-corrected chi connectivity index (χ4v) is 4.56. The Morgan fingerprint density at radius 1 is 1.00 bits per heavy atom. The normalized spacial score (nSPS) is 11.5. The summed E-state index contributed by atoms with van der Waals surface area (Å²) in [5, 5.41) is 2.66. The number of aromatic nitrogens is 2. The van der Waals surface area contributed by atoms with E-state index in [1.54, 1.807) is 48.5 Å². The number of hydrogen-bond donors (Lipinski definition) is 2. The summed E-state index contributed by atoms with van der Waals surface area (Å²) in [5.41, 5.74) is 1.14. The molecule has 0 saturated carbocycles. The smallest absolute Gasteiger partial charge is 0.419 e. The van der Waals surface area contributed by atoms with Gasteiger partial charge in [0.25, 0.3) is 0 Å². The van der Waals surface area contributed by atoms with E-state index in [0.717, 1.165) is 10.9 Å². The van der Waals surface area contributed by atoms with Crippen molar-refractivity contribution in [1.29, 1.82) is 0 Å². The fourth-order valence-electron chi connectivity index (χ4n) is 3.54. The molecule has 188 valence electrons. The van der Waals surface area contributed by atoms with E-state index in [-0.39, 0.29) is 11.5 Å². The van der Waals surface area contributed by atoms with E-state index in [1.807, 2.05) is 6.07 Å². The maximum Gasteiger partial charge on any atom is 0.419 e. The summed E-state index contributed by atoms with van der Waals surface area (Å²) in [6, 6.07) is 20.1. The van der Waals surface area contributed by atoms with Crippen LogP contribution < -0.4 is 14.8 Å². The Labute approximate surface area is 217 Å². The number of H-pyrrole nitrogens is 1. The third kappa shape index (κ3) is 5.87. The molecular formula is C26H17ClF3N3O3S. The van der Waals surface area contributed by atoms with Crippen molar-refractivity contribution in [2.24, 2.45) is 0 Å². The van der Waals surface area contributed by atoms with Crippen LogP contribution >= 0.6 is 22.9 Å². The zero-order chi connectivity index (χ0) is 26.0. The molecule has 0 bridgehead atoms. The van der Waals surface area contributed by atoms with Crippen LogP contribution in [0.3, 0.4) is 0 Å². The first kappa shape index (κ1) is 24.7. The first-order valence-electron chi connectivity index (χ1n) is 10.9. The number of benzene rings is 3. The molecule has 3 aromatic carbocycles. The van der Waals surface area contributed by atoms with Gasteiger partial charge in [0, 0.05) is 16.5 Å². The highest BCUT2D eigenvalue weighted by Gasteiger charge is 2.34. The van der Waals surface area contributed by atoms with Crippen LogP contribution in [-0.2, 0) is 12.7 Å². The molecule has 0 spiro atoms. The Morgan fingerprint density at radius 3 is 2.49 bits per heavy atom. The molecule has 0 fully saturated rings. The summed E-state index contributed by atoms with van der Waals surface area (Å²) in [7, 11) is 0. The molecule has 5 rings (SSSR count). The lowest BCUT2D eigenvalue weighted by molar-refractivity contribution is -0.138. The molecule has 37 heavy (non-hydrogen) atoms. The zero-order valence-corrected chi connectivity index (χ0v) is 20.4. The van der Waals surface area contributed by atoms with Crippen molar-refractivity contribution in [2.75, 3.05) is 0 Å². The molecule has 0 aliphatic carbocycles. The molecule has 2 heterocycles. The number of carbonyl (C=O) groups excluding carboxylic acids is 1. The number of carbonyl (C=O) groups is 1. The summed E-state index contributed by atoms with van der Waals surface area (Å²) in [4.78, 5) is 20.7. The number of fused-ring (bicyclic) bond motifs is 1. The summed E-state index contributed by atoms with van der Waals surface area (Å²) < 4.78 is 51.1. The predicted molar refractivity (Wildman–Crippen MR) is 135 cm³/mol. The number of thiophene rings is 1. The first-order chi connectivity index (χ1) is 17.7. The van der Waals surface area contributed by atoms with E-state index in [1.165, 1.54) is 29.5 Å². The highest BCUT2D eigenvalue weighted by Crippen LogP contribution is 2.38. The standard InChI is InChI=1S/C26H17ClF3N3O3S/c27-23-12-10-18(37-23)14-31-25(34)36-17-9-11-20-21(13-17)33-24(32-20)15-5-7-16(8-6-15)35-22-4-2-1-3-19(22)26(28,29)30/h1-13H,14H2,(H,31,34)(H,32,33). The Balaban J connectivity index is 1.27. The van der Waals surface area contributed by atoms with E-state index in [9.17, 15) is 18.0 Å². The number of nitrogens with one attached hydrogen (secondary N) is 2. The Hall–Kier alpha value is -4.02. The molecule has 0 aliphatic rings. The van der Waals surface area contributed by atoms with Gasteiger partial charge in [0.2, 0.25) is 0 Å². The van der Waals surface area contributed by atoms with Gasteiger partial charge >= 0.3 is 12.3 Å². The minimum Gasteiger partial charge on any atom is -0.457 e. The lowest BCUT2D eigenvalue weighted by atomic mass is 10.2. The molecular weight excluding hydrogens is 527 g/mol. The highest BCUT2D eigenvalue weighted by atomic mass is 35.5. The van der Waals surface area contributed by atoms with Crippen molar-refractivity contribution in [3.8, 4) is 28.6 Å². The van der Waals surface area contributed by atoms with Crippen LogP contribution in [-0.4, -0.2) is 16.1 Å². The van der Waals surface area contributed by atoms with Crippen LogP contribution in [0.2, 0.25) is 4.34 Å². The minimum absolute atomic E-state index is 0.253. The molecule has 11 heteroatoms. The van der Waals surface area contributed by atoms with Gasteiger partial charge in [0.1, 0.15) is 23.1 Å². The number of alkyl halides is 3. The number of ether oxygens (including phenoxy) is 2. The van der Waals surface area contributed by atoms with Gasteiger partial charge in [-0.3, -0.25) is 0 Å². The third-order valence-corrected chi connectivity index (χ3v) is 6.48. The summed E-state index contributed by atoms with van der Waals surface area (Å²) in [5.74, 6) is 0.843. The molecule has 0 radical (unpaired) electrons. The maximum atomic E-state index is 13.2. The highest BCUT2D eigenvalue weighted by molar-refractivity contribution is 7.16. The van der Waals surface area contributed by atoms with E-state index in [0.29, 0.717) is 39.1 Å². The lowest BCUT2D eigenvalue weighted by Gasteiger charge is -2.13. The molecule has 1 amide bonds. The molecule has 0 aliphatic heterocycles. The van der Waals surface area contributed by atoms with Crippen LogP contribution in [0.4, 0.5) is 18.0 Å². The molecule has 0 unspecified atom stereocenters. The quantitative estimate of drug-likeness (QED) is 0.227. The molecule has 0 atom stereocenters. The number of aromatic amines is 1. The monoisotopic (exact) mass is 543 g/mol. The van der Waals surface area contributed by atoms with E-state index < -0.39 is 17.8 Å². The van der Waals surface area contributed by atoms with Gasteiger partial charge in [-0.15, -0.1) is 11.3 Å². The number of halogens is 4. The van der Waals surface area contributed by atoms with Crippen LogP contribution in [0.15, 0.2) is 78.9 Å². The summed E-state index contributed by atoms with van der Waals surface area (Å²) in [6.45, 7) is 0.300. The SMILES string of the molecule is O=C(NCc1ccc(Cl)s1)Oc1ccc2nc(-c3ccc(Oc4ccccc4C(F)(F)F)cc3)[nH]c2c1. The van der Waals surface area contributed by atoms with Crippen molar-refractivity contribution in [2.45, 2.75) is 12.7 Å². The van der Waals surface area contributed by atoms with E-state index >= 15 is 0 Å². The van der Waals surface area contributed by atoms with Crippen LogP contribution in [0, 0.1) is 0 Å². The van der Waals surface area contributed by atoms with Gasteiger partial charge in [0.05, 0.1) is 27.5 Å². The summed E-state index contributed by atoms with van der Waals surface area (Å²) >= 11 is 7.26. The largest absolute Gasteiger partial charge is 0.457 e. The molecule has 5 aromatic rings. The van der Waals surface area contributed by atoms with Crippen LogP contribution in [0.25, 0.3) is 22.4 Å². The number of rotatable bonds is 6. The van der Waals surface area contributed by atoms with E-state index in [4.69, 9.17) is 21.1 Å². The summed E-state index contributed by atoms with van der Waals surface area (Å²) in [6.07, 6.45) is -5.13. The second-order valence-electron chi connectivity index (χ2n) is 7.83. The molecule has 6 nitrogen and oxygen atoms in total. The topological polar surface area (TPSA) is 76.2 Å². The van der Waals surface area contributed by atoms with Crippen LogP contribution in [0.1, 0.15) is 10.4 Å². The molecule has 0 saturated heterocycles. The zero-order valence-electron chi connectivity index (χ0n) is 18.8. The number of imidazole rings is 1. The number of amides is 1. The molecule has 2 aromatic heterocycles. The van der Waals surface area contributed by atoms with Gasteiger partial charge in [-0.2, -0.15) is 13.2 Å². The number of hydrogen-bond acceptors (Lipinski definition) is 5. The number of para-hydroxylation sites is 1. The predicted octanol–water partition coefficient (Wildman–Crippen LogP) is 8.04. The maximum absolute atomic E-state index is 13.2. The second-order valence-corrected chi connectivity index (χ2v) is 9.63. The van der Waals surface area contributed by atoms with Gasteiger partial charge in [0.15, 0.2) is 0 Å². The Bertz CT molecular complexity index is 1560. The third-order valence-electron chi connectivity index (χ3n) is 5.25. The van der Waals surface area contributed by atoms with Gasteiger partial charge in [-0.05, 0) is 60.7 Å². The first-order valence-corrected chi connectivity index (χ1v) is 12.1. The van der Waals surface area contributed by atoms with Crippen molar-refractivity contribution >= 4 is 40.1 Å². The van der Waals surface area contributed by atoms with Crippen molar-refractivity contribution in [1.82, 2.24) is 15.3 Å². The average molecular weight is 544 g/mol. The van der Waals surface area contributed by atoms with Gasteiger partial charge in [-0.25, -0.2) is 9.78 Å². The Morgan fingerprint density at radius 2 is 1.76 bits per heavy atom. The van der Waals surface area contributed by atoms with Crippen molar-refractivity contribution in [3.05, 3.63) is 93.6 Å². The molecule has 2 N–H and O–H groups in total. The lowest BCUT2D eigenvalue weighted by Crippen LogP contribution is -2.25. The van der Waals surface area contributed by atoms with Crippen LogP contribution in [0.5, 0.6) is 17.2 Å². The van der Waals surface area contributed by atoms with Crippen molar-refractivity contribution < 1.29 is 27.4 Å². The average Bonchev–Trinajstić information content (AvgIpc) is 3.48. The van der Waals surface area contributed by atoms with Gasteiger partial charge in [-0.1, -0.05) is 23.7 Å². The number of nitrogens with zero attached hydrogens (tertiary/aromatic N) is 1. The Kier molecular flexibility index (Phi) is 6.77. The minimum atomic E-state index is -4.52. The second kappa shape index (κ2) is 10.2. The van der Waals surface area contributed by atoms with Crippen molar-refractivity contribution in [3.63, 3.8) is 0 Å². The van der Waals surface area contributed by atoms with Gasteiger partial charge < -0.3 is 19.8 Å². The van der Waals surface area contributed by atoms with E-state index in [2.05, 4.69) is 15.3 Å².